The van der Waals surface area contributed by atoms with Crippen LogP contribution in [0.25, 0.3) is 0 Å². The zero-order chi connectivity index (χ0) is 24.5. The highest BCUT2D eigenvalue weighted by Crippen LogP contribution is 2.24. The number of rotatable bonds is 8. The Morgan fingerprint density at radius 2 is 0.971 bits per heavy atom. The van der Waals surface area contributed by atoms with E-state index in [1.165, 1.54) is 10.0 Å². The largest absolute Gasteiger partial charge is 0.272 e. The normalized spacial score (nSPS) is 19.6. The fourth-order valence-corrected chi connectivity index (χ4v) is 3.89. The first-order valence-corrected chi connectivity index (χ1v) is 11.9. The van der Waals surface area contributed by atoms with Gasteiger partial charge in [-0.25, -0.2) is 10.0 Å². The third kappa shape index (κ3) is 5.81. The van der Waals surface area contributed by atoms with E-state index in [-0.39, 0.29) is 23.6 Å². The number of carbonyl (C=O) groups is 4. The molecule has 2 aromatic carbocycles. The van der Waals surface area contributed by atoms with Crippen molar-refractivity contribution in [1.29, 1.82) is 0 Å². The maximum absolute atomic E-state index is 12.1. The minimum absolute atomic E-state index is 0.144. The Morgan fingerprint density at radius 1 is 0.618 bits per heavy atom. The van der Waals surface area contributed by atoms with Crippen LogP contribution in [0, 0.1) is 11.8 Å². The van der Waals surface area contributed by atoms with Crippen molar-refractivity contribution in [2.24, 2.45) is 11.8 Å². The maximum atomic E-state index is 12.1. The summed E-state index contributed by atoms with van der Waals surface area (Å²) in [5, 5.41) is 2.70. The molecule has 0 aliphatic carbocycles. The van der Waals surface area contributed by atoms with Gasteiger partial charge in [-0.1, -0.05) is 75.9 Å². The summed E-state index contributed by atoms with van der Waals surface area (Å²) in [6.07, 6.45) is 5.03. The number of anilines is 2. The lowest BCUT2D eigenvalue weighted by molar-refractivity contribution is -0.129. The average molecular weight is 465 g/mol. The molecule has 2 saturated heterocycles. The van der Waals surface area contributed by atoms with Gasteiger partial charge in [0.1, 0.15) is 11.8 Å². The first-order chi connectivity index (χ1) is 16.5. The van der Waals surface area contributed by atoms with Crippen molar-refractivity contribution < 1.29 is 19.2 Å². The number of amides is 4. The molecular weight excluding hydrogens is 432 g/mol. The summed E-state index contributed by atoms with van der Waals surface area (Å²) in [5.41, 5.74) is 6.67. The van der Waals surface area contributed by atoms with Crippen LogP contribution in [-0.2, 0) is 19.2 Å². The summed E-state index contributed by atoms with van der Waals surface area (Å²) in [4.78, 5) is 47.5. The topological polar surface area (TPSA) is 98.8 Å². The highest BCUT2D eigenvalue weighted by Gasteiger charge is 2.40. The highest BCUT2D eigenvalue weighted by molar-refractivity contribution is 6.15. The van der Waals surface area contributed by atoms with Crippen molar-refractivity contribution in [3.63, 3.8) is 0 Å². The van der Waals surface area contributed by atoms with Crippen LogP contribution in [-0.4, -0.2) is 23.6 Å². The third-order valence-corrected chi connectivity index (χ3v) is 5.84. The summed E-state index contributed by atoms with van der Waals surface area (Å²) < 4.78 is 0. The van der Waals surface area contributed by atoms with Crippen LogP contribution in [0.4, 0.5) is 11.4 Å². The molecule has 180 valence electrons. The fourth-order valence-electron chi connectivity index (χ4n) is 3.89. The average Bonchev–Trinajstić information content (AvgIpc) is 3.31. The van der Waals surface area contributed by atoms with Crippen LogP contribution in [0.5, 0.6) is 0 Å². The molecule has 0 saturated carbocycles. The van der Waals surface area contributed by atoms with E-state index in [9.17, 15) is 19.2 Å². The van der Waals surface area contributed by atoms with Gasteiger partial charge < -0.3 is 0 Å². The van der Waals surface area contributed by atoms with E-state index in [1.54, 1.807) is 24.3 Å². The third-order valence-electron chi connectivity index (χ3n) is 5.84. The van der Waals surface area contributed by atoms with Gasteiger partial charge in [0, 0.05) is 0 Å². The van der Waals surface area contributed by atoms with Crippen molar-refractivity contribution >= 4 is 35.0 Å². The maximum Gasteiger partial charge on any atom is 0.258 e. The fraction of sp³-hybridized carbons (Fsp3) is 0.385. The van der Waals surface area contributed by atoms with Gasteiger partial charge in [-0.3, -0.25) is 30.0 Å². The van der Waals surface area contributed by atoms with Crippen molar-refractivity contribution in [2.45, 2.75) is 52.4 Å². The Kier molecular flexibility index (Phi) is 8.79. The van der Waals surface area contributed by atoms with Crippen molar-refractivity contribution in [1.82, 2.24) is 10.9 Å². The second-order valence-corrected chi connectivity index (χ2v) is 8.36. The second kappa shape index (κ2) is 12.0. The molecule has 0 radical (unpaired) electrons. The Morgan fingerprint density at radius 3 is 1.29 bits per heavy atom. The summed E-state index contributed by atoms with van der Waals surface area (Å²) in [6.45, 7) is 4.10. The molecular formula is C26H32N4O4. The summed E-state index contributed by atoms with van der Waals surface area (Å²) in [6, 6.07) is 18.3. The first kappa shape index (κ1) is 25.0. The predicted molar refractivity (Wildman–Crippen MR) is 130 cm³/mol. The van der Waals surface area contributed by atoms with Gasteiger partial charge in [0.2, 0.25) is 0 Å². The van der Waals surface area contributed by atoms with Gasteiger partial charge in [-0.2, -0.15) is 0 Å². The standard InChI is InChI=1S/2C13H16N2O2/c2*1-2-3-9-11-12(16)14-15(13(11)17)10-7-5-4-6-8-10/h2*4-8,11H,2-3,9H2,1H3,(H,14,16). The molecule has 8 nitrogen and oxygen atoms in total. The molecule has 2 aliphatic heterocycles. The van der Waals surface area contributed by atoms with Crippen LogP contribution >= 0.6 is 0 Å². The lowest BCUT2D eigenvalue weighted by Gasteiger charge is -2.14. The van der Waals surface area contributed by atoms with Crippen molar-refractivity contribution in [3.8, 4) is 0 Å². The molecule has 8 heteroatoms. The molecule has 2 N–H and O–H groups in total. The molecule has 4 amide bonds. The van der Waals surface area contributed by atoms with Crippen LogP contribution in [0.3, 0.4) is 0 Å². The van der Waals surface area contributed by atoms with Gasteiger partial charge in [0.15, 0.2) is 0 Å². The second-order valence-electron chi connectivity index (χ2n) is 8.36. The molecule has 2 aliphatic rings. The zero-order valence-corrected chi connectivity index (χ0v) is 19.7. The van der Waals surface area contributed by atoms with E-state index in [2.05, 4.69) is 10.9 Å². The van der Waals surface area contributed by atoms with E-state index in [0.29, 0.717) is 24.2 Å². The smallest absolute Gasteiger partial charge is 0.258 e. The molecule has 2 fully saturated rings. The van der Waals surface area contributed by atoms with Crippen molar-refractivity contribution in [2.75, 3.05) is 10.0 Å². The van der Waals surface area contributed by atoms with Gasteiger partial charge in [-0.15, -0.1) is 0 Å². The van der Waals surface area contributed by atoms with Gasteiger partial charge in [-0.05, 0) is 37.1 Å². The quantitative estimate of drug-likeness (QED) is 0.582. The first-order valence-electron chi connectivity index (χ1n) is 11.9. The highest BCUT2D eigenvalue weighted by atomic mass is 16.2. The van der Waals surface area contributed by atoms with Crippen molar-refractivity contribution in [3.05, 3.63) is 60.7 Å². The molecule has 0 bridgehead atoms. The lowest BCUT2D eigenvalue weighted by atomic mass is 10.0. The van der Waals surface area contributed by atoms with Crippen LogP contribution in [0.2, 0.25) is 0 Å². The van der Waals surface area contributed by atoms with Gasteiger partial charge in [0.25, 0.3) is 23.6 Å². The molecule has 34 heavy (non-hydrogen) atoms. The van der Waals surface area contributed by atoms with E-state index in [0.717, 1.165) is 25.7 Å². The molecule has 2 aromatic rings. The van der Waals surface area contributed by atoms with E-state index in [4.69, 9.17) is 0 Å². The zero-order valence-electron chi connectivity index (χ0n) is 19.7. The summed E-state index contributed by atoms with van der Waals surface area (Å²) in [5.74, 6) is -1.70. The number of benzene rings is 2. The van der Waals surface area contributed by atoms with Crippen LogP contribution in [0.1, 0.15) is 52.4 Å². The van der Waals surface area contributed by atoms with Gasteiger partial charge >= 0.3 is 0 Å². The number of unbranched alkanes of at least 4 members (excludes halogenated alkanes) is 2. The monoisotopic (exact) mass is 464 g/mol. The van der Waals surface area contributed by atoms with Crippen LogP contribution in [0.15, 0.2) is 60.7 Å². The Bertz CT molecular complexity index is 915. The molecule has 2 unspecified atom stereocenters. The number of hydrogen-bond acceptors (Lipinski definition) is 4. The van der Waals surface area contributed by atoms with E-state index >= 15 is 0 Å². The minimum Gasteiger partial charge on any atom is -0.272 e. The van der Waals surface area contributed by atoms with E-state index in [1.807, 2.05) is 50.2 Å². The molecule has 0 aromatic heterocycles. The number of nitrogens with one attached hydrogen (secondary N) is 2. The summed E-state index contributed by atoms with van der Waals surface area (Å²) in [7, 11) is 0. The SMILES string of the molecule is CCCCC1C(=O)NN(c2ccccc2)C1=O.CCCCC1C(=O)NN(c2ccccc2)C1=O. The number of nitrogens with zero attached hydrogens (tertiary/aromatic N) is 2. The Hall–Kier alpha value is -3.68. The Balaban J connectivity index is 0.000000191. The molecule has 0 spiro atoms. The van der Waals surface area contributed by atoms with Crippen LogP contribution < -0.4 is 20.9 Å². The number of carbonyl (C=O) groups excluding carboxylic acids is 4. The predicted octanol–water partition coefficient (Wildman–Crippen LogP) is 3.74. The molecule has 4 rings (SSSR count). The minimum atomic E-state index is -0.518. The van der Waals surface area contributed by atoms with E-state index < -0.39 is 11.8 Å². The number of hydrogen-bond donors (Lipinski definition) is 2. The lowest BCUT2D eigenvalue weighted by Crippen LogP contribution is -2.35. The Labute approximate surface area is 200 Å². The summed E-state index contributed by atoms with van der Waals surface area (Å²) >= 11 is 0. The number of hydrazine groups is 2. The number of para-hydroxylation sites is 2. The molecule has 2 atom stereocenters. The molecule has 2 heterocycles. The van der Waals surface area contributed by atoms with Gasteiger partial charge in [0.05, 0.1) is 11.4 Å².